The molecule has 0 spiro atoms. The van der Waals surface area contributed by atoms with Gasteiger partial charge >= 0.3 is 0 Å². The molecule has 1 aromatic heterocycles. The van der Waals surface area contributed by atoms with E-state index in [1.807, 2.05) is 13.0 Å². The van der Waals surface area contributed by atoms with E-state index in [1.165, 1.54) is 32.1 Å². The van der Waals surface area contributed by atoms with E-state index in [-0.39, 0.29) is 0 Å². The zero-order valence-corrected chi connectivity index (χ0v) is 10.8. The first-order chi connectivity index (χ1) is 8.29. The molecule has 1 aliphatic carbocycles. The van der Waals surface area contributed by atoms with E-state index in [1.54, 1.807) is 0 Å². The molecule has 2 rings (SSSR count). The van der Waals surface area contributed by atoms with Crippen LogP contribution in [0.5, 0.6) is 0 Å². The Bertz CT molecular complexity index is 362. The standard InChI is InChI=1S/C14H23N3/c1-3-9-15-14-16-12(2)11-17(14)10-8-13-6-4-5-7-13/h3,11,13H,1,4-10H2,2H3,(H,15,16). The molecular formula is C14H23N3. The minimum Gasteiger partial charge on any atom is -0.352 e. The number of hydrogen-bond acceptors (Lipinski definition) is 2. The van der Waals surface area contributed by atoms with Crippen molar-refractivity contribution in [3.05, 3.63) is 24.5 Å². The maximum Gasteiger partial charge on any atom is 0.203 e. The summed E-state index contributed by atoms with van der Waals surface area (Å²) in [6.07, 6.45) is 11.0. The number of nitrogens with zero attached hydrogens (tertiary/aromatic N) is 2. The molecule has 1 saturated carbocycles. The van der Waals surface area contributed by atoms with E-state index in [2.05, 4.69) is 27.6 Å². The SMILES string of the molecule is C=CCNc1nc(C)cn1CCC1CCCC1. The Kier molecular flexibility index (Phi) is 4.24. The highest BCUT2D eigenvalue weighted by molar-refractivity contribution is 5.29. The summed E-state index contributed by atoms with van der Waals surface area (Å²) in [6.45, 7) is 7.63. The largest absolute Gasteiger partial charge is 0.352 e. The highest BCUT2D eigenvalue weighted by atomic mass is 15.2. The van der Waals surface area contributed by atoms with Gasteiger partial charge in [0.25, 0.3) is 0 Å². The first-order valence-electron chi connectivity index (χ1n) is 6.68. The van der Waals surface area contributed by atoms with E-state index in [4.69, 9.17) is 0 Å². The van der Waals surface area contributed by atoms with Crippen molar-refractivity contribution >= 4 is 5.95 Å². The van der Waals surface area contributed by atoms with Crippen LogP contribution < -0.4 is 5.32 Å². The van der Waals surface area contributed by atoms with Crippen LogP contribution in [0.4, 0.5) is 5.95 Å². The lowest BCUT2D eigenvalue weighted by Crippen LogP contribution is -2.09. The molecule has 1 aliphatic rings. The Morgan fingerprint density at radius 2 is 2.29 bits per heavy atom. The average molecular weight is 233 g/mol. The monoisotopic (exact) mass is 233 g/mol. The molecule has 3 nitrogen and oxygen atoms in total. The topological polar surface area (TPSA) is 29.9 Å². The molecule has 0 atom stereocenters. The van der Waals surface area contributed by atoms with Gasteiger partial charge in [0.05, 0.1) is 5.69 Å². The van der Waals surface area contributed by atoms with Crippen LogP contribution >= 0.6 is 0 Å². The maximum absolute atomic E-state index is 4.50. The number of aromatic nitrogens is 2. The first-order valence-corrected chi connectivity index (χ1v) is 6.68. The highest BCUT2D eigenvalue weighted by Gasteiger charge is 2.15. The van der Waals surface area contributed by atoms with Crippen LogP contribution in [0, 0.1) is 12.8 Å². The third kappa shape index (κ3) is 3.35. The van der Waals surface area contributed by atoms with Crippen LogP contribution in [0.3, 0.4) is 0 Å². The van der Waals surface area contributed by atoms with Crippen molar-refractivity contribution in [2.75, 3.05) is 11.9 Å². The van der Waals surface area contributed by atoms with Gasteiger partial charge in [0.15, 0.2) is 0 Å². The van der Waals surface area contributed by atoms with Crippen LogP contribution in [0.25, 0.3) is 0 Å². The zero-order chi connectivity index (χ0) is 12.1. The predicted octanol–water partition coefficient (Wildman–Crippen LogP) is 3.37. The number of rotatable bonds is 6. The summed E-state index contributed by atoms with van der Waals surface area (Å²) in [5.41, 5.74) is 1.09. The molecule has 0 radical (unpaired) electrons. The van der Waals surface area contributed by atoms with Gasteiger partial charge in [0, 0.05) is 19.3 Å². The molecule has 1 aromatic rings. The van der Waals surface area contributed by atoms with Crippen molar-refractivity contribution in [3.63, 3.8) is 0 Å². The predicted molar refractivity (Wildman–Crippen MR) is 72.2 cm³/mol. The van der Waals surface area contributed by atoms with Crippen LogP contribution in [0.2, 0.25) is 0 Å². The molecule has 3 heteroatoms. The molecule has 0 aliphatic heterocycles. The van der Waals surface area contributed by atoms with E-state index in [0.717, 1.165) is 30.6 Å². The molecule has 0 saturated heterocycles. The molecule has 17 heavy (non-hydrogen) atoms. The Hall–Kier alpha value is -1.25. The van der Waals surface area contributed by atoms with Crippen molar-refractivity contribution in [1.29, 1.82) is 0 Å². The molecule has 0 bridgehead atoms. The van der Waals surface area contributed by atoms with Gasteiger partial charge in [-0.15, -0.1) is 6.58 Å². The van der Waals surface area contributed by atoms with E-state index < -0.39 is 0 Å². The second-order valence-electron chi connectivity index (χ2n) is 5.01. The zero-order valence-electron chi connectivity index (χ0n) is 10.8. The Labute approximate surface area is 104 Å². The van der Waals surface area contributed by atoms with Crippen molar-refractivity contribution in [2.24, 2.45) is 5.92 Å². The quantitative estimate of drug-likeness (QED) is 0.763. The molecule has 0 unspecified atom stereocenters. The van der Waals surface area contributed by atoms with Gasteiger partial charge in [-0.05, 0) is 19.3 Å². The molecule has 94 valence electrons. The average Bonchev–Trinajstić information content (AvgIpc) is 2.93. The van der Waals surface area contributed by atoms with Crippen LogP contribution in [-0.4, -0.2) is 16.1 Å². The van der Waals surface area contributed by atoms with Crippen molar-refractivity contribution in [2.45, 2.75) is 45.6 Å². The van der Waals surface area contributed by atoms with Gasteiger partial charge in [0.1, 0.15) is 0 Å². The van der Waals surface area contributed by atoms with E-state index in [0.29, 0.717) is 0 Å². The normalized spacial score (nSPS) is 16.3. The molecule has 1 N–H and O–H groups in total. The summed E-state index contributed by atoms with van der Waals surface area (Å²) < 4.78 is 2.25. The summed E-state index contributed by atoms with van der Waals surface area (Å²) in [5.74, 6) is 1.92. The van der Waals surface area contributed by atoms with Crippen LogP contribution in [-0.2, 0) is 6.54 Å². The Morgan fingerprint density at radius 1 is 1.53 bits per heavy atom. The summed E-state index contributed by atoms with van der Waals surface area (Å²) in [5, 5.41) is 3.29. The minimum absolute atomic E-state index is 0.778. The number of imidazole rings is 1. The second kappa shape index (κ2) is 5.89. The smallest absolute Gasteiger partial charge is 0.203 e. The van der Waals surface area contributed by atoms with Gasteiger partial charge in [-0.2, -0.15) is 0 Å². The van der Waals surface area contributed by atoms with Gasteiger partial charge in [-0.3, -0.25) is 0 Å². The Morgan fingerprint density at radius 3 is 3.00 bits per heavy atom. The number of nitrogens with one attached hydrogen (secondary N) is 1. The minimum atomic E-state index is 0.778. The number of hydrogen-bond donors (Lipinski definition) is 1. The maximum atomic E-state index is 4.50. The lowest BCUT2D eigenvalue weighted by atomic mass is 10.0. The van der Waals surface area contributed by atoms with Gasteiger partial charge in [-0.1, -0.05) is 31.8 Å². The fraction of sp³-hybridized carbons (Fsp3) is 0.643. The molecule has 0 aromatic carbocycles. The fourth-order valence-corrected chi connectivity index (χ4v) is 2.64. The van der Waals surface area contributed by atoms with Crippen molar-refractivity contribution in [1.82, 2.24) is 9.55 Å². The van der Waals surface area contributed by atoms with Crippen LogP contribution in [0.1, 0.15) is 37.8 Å². The Balaban J connectivity index is 1.91. The summed E-state index contributed by atoms with van der Waals surface area (Å²) in [7, 11) is 0. The fourth-order valence-electron chi connectivity index (χ4n) is 2.64. The van der Waals surface area contributed by atoms with Crippen molar-refractivity contribution in [3.8, 4) is 0 Å². The lowest BCUT2D eigenvalue weighted by molar-refractivity contribution is 0.460. The highest BCUT2D eigenvalue weighted by Crippen LogP contribution is 2.28. The summed E-state index contributed by atoms with van der Waals surface area (Å²) in [6, 6.07) is 0. The first kappa shape index (κ1) is 12.2. The number of aryl methyl sites for hydroxylation is 2. The van der Waals surface area contributed by atoms with Gasteiger partial charge in [-0.25, -0.2) is 4.98 Å². The third-order valence-corrected chi connectivity index (χ3v) is 3.55. The van der Waals surface area contributed by atoms with Gasteiger partial charge in [0.2, 0.25) is 5.95 Å². The van der Waals surface area contributed by atoms with Crippen LogP contribution in [0.15, 0.2) is 18.9 Å². The van der Waals surface area contributed by atoms with E-state index in [9.17, 15) is 0 Å². The van der Waals surface area contributed by atoms with Gasteiger partial charge < -0.3 is 9.88 Å². The molecular weight excluding hydrogens is 210 g/mol. The third-order valence-electron chi connectivity index (χ3n) is 3.55. The van der Waals surface area contributed by atoms with Crippen molar-refractivity contribution < 1.29 is 0 Å². The number of anilines is 1. The molecule has 0 amide bonds. The lowest BCUT2D eigenvalue weighted by Gasteiger charge is -2.11. The summed E-state index contributed by atoms with van der Waals surface area (Å²) >= 11 is 0. The van der Waals surface area contributed by atoms with E-state index >= 15 is 0 Å². The molecule has 1 heterocycles. The molecule has 1 fully saturated rings. The summed E-state index contributed by atoms with van der Waals surface area (Å²) in [4.78, 5) is 4.50. The second-order valence-corrected chi connectivity index (χ2v) is 5.01.